The molecular weight excluding hydrogens is 1460 g/mol. The number of hydrogen-bond donors (Lipinski definition) is 8. The zero-order valence-corrected chi connectivity index (χ0v) is 65.6. The van der Waals surface area contributed by atoms with E-state index in [2.05, 4.69) is 38.8 Å². The van der Waals surface area contributed by atoms with Crippen LogP contribution in [0.4, 0.5) is 19.9 Å². The van der Waals surface area contributed by atoms with Crippen molar-refractivity contribution in [1.29, 1.82) is 0 Å². The summed E-state index contributed by atoms with van der Waals surface area (Å²) in [6, 6.07) is 11.0. The van der Waals surface area contributed by atoms with Crippen molar-refractivity contribution < 1.29 is 77.0 Å². The highest BCUT2D eigenvalue weighted by molar-refractivity contribution is 7.14. The lowest BCUT2D eigenvalue weighted by Crippen LogP contribution is -2.56. The molecule has 2 saturated heterocycles. The number of aliphatic carboxylic acids is 2. The van der Waals surface area contributed by atoms with Gasteiger partial charge in [0.1, 0.15) is 94.0 Å². The van der Waals surface area contributed by atoms with Crippen molar-refractivity contribution in [2.24, 2.45) is 17.8 Å². The number of aromatic nitrogens is 4. The molecule has 6 fully saturated rings. The van der Waals surface area contributed by atoms with Crippen molar-refractivity contribution in [3.05, 3.63) is 83.6 Å². The van der Waals surface area contributed by atoms with Crippen LogP contribution >= 0.6 is 22.7 Å². The number of hydrogen-bond acceptors (Lipinski definition) is 22. The molecule has 14 rings (SSSR count). The Labute approximate surface area is 653 Å². The number of carbonyl (C=O) groups excluding carboxylic acids is 6. The van der Waals surface area contributed by atoms with E-state index in [9.17, 15) is 48.6 Å². The van der Waals surface area contributed by atoms with Crippen molar-refractivity contribution in [1.82, 2.24) is 51.0 Å². The zero-order chi connectivity index (χ0) is 78.3. The Morgan fingerprint density at radius 1 is 0.532 bits per heavy atom. The zero-order valence-electron chi connectivity index (χ0n) is 64.0. The summed E-state index contributed by atoms with van der Waals surface area (Å²) < 4.78 is 35.8. The van der Waals surface area contributed by atoms with Crippen molar-refractivity contribution in [2.45, 2.75) is 241 Å². The van der Waals surface area contributed by atoms with Gasteiger partial charge in [0, 0.05) is 82.6 Å². The summed E-state index contributed by atoms with van der Waals surface area (Å²) in [5, 5.41) is 45.3. The van der Waals surface area contributed by atoms with E-state index in [1.165, 1.54) is 32.5 Å². The maximum atomic E-state index is 14.6. The second-order valence-corrected chi connectivity index (χ2v) is 33.1. The van der Waals surface area contributed by atoms with Crippen LogP contribution < -0.4 is 50.8 Å². The van der Waals surface area contributed by atoms with Crippen molar-refractivity contribution in [3.8, 4) is 45.8 Å². The summed E-state index contributed by atoms with van der Waals surface area (Å²) in [7, 11) is 3.17. The minimum absolute atomic E-state index is 0.0280. The predicted octanol–water partition coefficient (Wildman–Crippen LogP) is 12.4. The Hall–Kier alpha value is -9.84. The molecule has 0 bridgehead atoms. The number of benzene rings is 2. The molecule has 30 heteroatoms. The number of pyridine rings is 2. The molecule has 6 aromatic rings. The predicted molar refractivity (Wildman–Crippen MR) is 419 cm³/mol. The third kappa shape index (κ3) is 18.9. The quantitative estimate of drug-likeness (QED) is 0.0371. The maximum absolute atomic E-state index is 14.6. The van der Waals surface area contributed by atoms with Gasteiger partial charge in [0.05, 0.1) is 49.7 Å². The van der Waals surface area contributed by atoms with Gasteiger partial charge in [-0.2, -0.15) is 0 Å². The Morgan fingerprint density at radius 3 is 1.41 bits per heavy atom. The molecule has 8 heterocycles. The van der Waals surface area contributed by atoms with E-state index in [-0.39, 0.29) is 80.8 Å². The summed E-state index contributed by atoms with van der Waals surface area (Å²) in [5.41, 5.74) is 0.778. The number of rotatable bonds is 18. The smallest absolute Gasteiger partial charge is 0.408 e. The van der Waals surface area contributed by atoms with E-state index < -0.39 is 95.2 Å². The molecule has 1 unspecified atom stereocenters. The number of allylic oxidation sites excluding steroid dienone is 2. The second-order valence-electron chi connectivity index (χ2n) is 31.3. The molecule has 594 valence electrons. The first-order valence-electron chi connectivity index (χ1n) is 39.2. The minimum Gasteiger partial charge on any atom is -0.497 e. The van der Waals surface area contributed by atoms with Crippen molar-refractivity contribution in [3.63, 3.8) is 0 Å². The largest absolute Gasteiger partial charge is 0.497 e. The molecule has 4 aliphatic heterocycles. The number of thiazole rings is 2. The van der Waals surface area contributed by atoms with E-state index in [1.807, 2.05) is 111 Å². The van der Waals surface area contributed by atoms with Crippen LogP contribution in [0.2, 0.25) is 0 Å². The van der Waals surface area contributed by atoms with Gasteiger partial charge in [0.25, 0.3) is 0 Å². The standard InChI is InChI=1S/C41H52N6O8S.C40H50N6O8S/c1-23(2)42-39-44-33(22-56-39)32-19-35(29-15-14-27(53-4)17-31(29)43-32)54-28-18-34-36(48)46-41(38(50)51)20-25(41)10-6-5-9-24(3)13-16-30(37(49)47(34)21-28)45-40(52)55-26-11-7-8-12-26;1-23(2)41-38-43-32(22-55-38)31-19-34(28-16-15-26(52-3)17-30(28)42-31)53-27-18-33-35(47)45-40(37(49)50)20-24(40)11-7-5-4-6-8-14-29(36(48)46(33)21-27)44-39(51)54-25-12-9-10-13-25/h6,10,14-15,17,19,22-26,28,30,34H,5,7-9,11-13,16,18,20-21H2,1-4H3,(H,42,44)(H,45,52)(H,46,48)(H,50,51);7,11,15-17,19,22-25,27,29,33H,4-6,8-10,12-14,18,20-21H2,1-3H3,(H,41,43)(H,44,51)(H,45,47)(H,49,50)/b10-6-;11-7-/t24?,25-,28-,30+,34+,41-;24-,27-,29+,33+,40-/m11/s1. The van der Waals surface area contributed by atoms with Gasteiger partial charge >= 0.3 is 24.1 Å². The average molecular weight is 1560 g/mol. The van der Waals surface area contributed by atoms with Gasteiger partial charge in [-0.1, -0.05) is 44.1 Å². The van der Waals surface area contributed by atoms with Gasteiger partial charge in [-0.25, -0.2) is 39.1 Å². The number of alkyl carbamates (subject to hydrolysis) is 2. The molecule has 111 heavy (non-hydrogen) atoms. The van der Waals surface area contributed by atoms with Crippen molar-refractivity contribution in [2.75, 3.05) is 37.9 Å². The minimum atomic E-state index is -1.46. The van der Waals surface area contributed by atoms with Crippen LogP contribution in [-0.2, 0) is 38.2 Å². The van der Waals surface area contributed by atoms with E-state index in [1.54, 1.807) is 14.2 Å². The van der Waals surface area contributed by atoms with Crippen LogP contribution in [0.1, 0.15) is 169 Å². The molecule has 11 atom stereocenters. The molecule has 0 radical (unpaired) electrons. The summed E-state index contributed by atoms with van der Waals surface area (Å²) in [4.78, 5) is 131. The van der Waals surface area contributed by atoms with E-state index in [0.717, 1.165) is 93.7 Å². The first-order chi connectivity index (χ1) is 53.4. The number of amides is 6. The number of fused-ring (bicyclic) bond motifs is 6. The Balaban J connectivity index is 0.000000195. The number of nitrogens with one attached hydrogen (secondary N) is 6. The van der Waals surface area contributed by atoms with Crippen LogP contribution in [0.5, 0.6) is 23.0 Å². The van der Waals surface area contributed by atoms with Gasteiger partial charge in [-0.15, -0.1) is 22.7 Å². The van der Waals surface area contributed by atoms with Crippen LogP contribution in [0.25, 0.3) is 44.6 Å². The third-order valence-corrected chi connectivity index (χ3v) is 23.8. The molecule has 2 aromatic carbocycles. The molecule has 4 aromatic heterocycles. The average Bonchev–Trinajstić information content (AvgIpc) is 1.59. The fourth-order valence-electron chi connectivity index (χ4n) is 16.0. The molecule has 6 amide bonds. The van der Waals surface area contributed by atoms with Crippen LogP contribution in [-0.4, -0.2) is 187 Å². The van der Waals surface area contributed by atoms with Gasteiger partial charge in [0.2, 0.25) is 23.6 Å². The molecular formula is C81H102N12O16S2. The highest BCUT2D eigenvalue weighted by atomic mass is 32.1. The summed E-state index contributed by atoms with van der Waals surface area (Å²) in [6.45, 7) is 10.3. The van der Waals surface area contributed by atoms with E-state index in [4.69, 9.17) is 48.4 Å². The number of methoxy groups -OCH3 is 2. The lowest BCUT2D eigenvalue weighted by atomic mass is 9.96. The van der Waals surface area contributed by atoms with Crippen LogP contribution in [0.15, 0.2) is 83.6 Å². The van der Waals surface area contributed by atoms with E-state index >= 15 is 0 Å². The van der Waals surface area contributed by atoms with Crippen LogP contribution in [0, 0.1) is 17.8 Å². The molecule has 4 aliphatic carbocycles. The fraction of sp³-hybridized carbons (Fsp3) is 0.556. The van der Waals surface area contributed by atoms with Gasteiger partial charge in [-0.3, -0.25) is 19.2 Å². The summed E-state index contributed by atoms with van der Waals surface area (Å²) >= 11 is 2.94. The second kappa shape index (κ2) is 34.8. The fourth-order valence-corrected chi connectivity index (χ4v) is 17.7. The first kappa shape index (κ1) is 79.3. The van der Waals surface area contributed by atoms with E-state index in [0.29, 0.717) is 93.3 Å². The third-order valence-electron chi connectivity index (χ3n) is 22.3. The number of ether oxygens (including phenoxy) is 6. The number of carbonyl (C=O) groups is 8. The lowest BCUT2D eigenvalue weighted by molar-refractivity contribution is -0.146. The molecule has 28 nitrogen and oxygen atoms in total. The van der Waals surface area contributed by atoms with Gasteiger partial charge in [-0.05, 0) is 167 Å². The molecule has 0 spiro atoms. The van der Waals surface area contributed by atoms with Crippen LogP contribution in [0.3, 0.4) is 0 Å². The first-order valence-corrected chi connectivity index (χ1v) is 41.0. The van der Waals surface area contributed by atoms with Gasteiger partial charge < -0.3 is 80.3 Å². The molecule has 8 N–H and O–H groups in total. The Bertz CT molecular complexity index is 4480. The molecule has 4 saturated carbocycles. The summed E-state index contributed by atoms with van der Waals surface area (Å²) in [5.74, 6) is -2.53. The SMILES string of the molecule is COc1ccc2c(O[C@@H]3C[C@H]4C(=O)N[C@]5(C(=O)O)C[C@H]5/C=C\CCC(C)CC[C@H](NC(=O)OC5CCCC5)C(=O)N4C3)cc(-c3csc(NC(C)C)n3)nc2c1.COc1ccc2c(O[C@@H]3C[C@H]4C(=O)N[C@]5(C(=O)O)C[C@H]5/C=C\CCCCC[C@H](NC(=O)OC5CCCC5)C(=O)N4C3)cc(-c3csc(NC(C)C)n3)nc2c1. The number of anilines is 2. The Morgan fingerprint density at radius 2 is 0.973 bits per heavy atom. The lowest BCUT2D eigenvalue weighted by Gasteiger charge is -2.30. The topological polar surface area (TPSA) is 363 Å². The highest BCUT2D eigenvalue weighted by Gasteiger charge is 2.63. The van der Waals surface area contributed by atoms with Crippen molar-refractivity contribution >= 4 is 102 Å². The Kier molecular flexibility index (Phi) is 24.9. The van der Waals surface area contributed by atoms with Gasteiger partial charge in [0.15, 0.2) is 10.3 Å². The summed E-state index contributed by atoms with van der Waals surface area (Å²) in [6.07, 6.45) is 18.5. The number of carboxylic acid groups (broad SMARTS) is 2. The maximum Gasteiger partial charge on any atom is 0.408 e. The monoisotopic (exact) mass is 1560 g/mol. The number of nitrogens with zero attached hydrogens (tertiary/aromatic N) is 6. The number of carboxylic acids is 2. The normalized spacial score (nSPS) is 27.2. The highest BCUT2D eigenvalue weighted by Crippen LogP contribution is 2.48. The molecule has 8 aliphatic rings.